The summed E-state index contributed by atoms with van der Waals surface area (Å²) in [4.78, 5) is 18.8. The lowest BCUT2D eigenvalue weighted by Gasteiger charge is -2.02. The molecule has 4 N–H and O–H groups in total. The number of hydrogen-bond acceptors (Lipinski definition) is 5. The van der Waals surface area contributed by atoms with Crippen LogP contribution in [0.15, 0.2) is 12.3 Å². The standard InChI is InChI=1S/C4H6N4.C4H9NO/c5-3-1-2-7-4(6)8-3;1-4(6)5(2)3/h1-2H,(H4,5,6,7,8);1-3H3. The third-order valence-corrected chi connectivity index (χ3v) is 1.33. The third-order valence-electron chi connectivity index (χ3n) is 1.33. The van der Waals surface area contributed by atoms with E-state index in [-0.39, 0.29) is 11.9 Å². The van der Waals surface area contributed by atoms with Gasteiger partial charge in [0.05, 0.1) is 0 Å². The molecule has 0 aliphatic rings. The lowest BCUT2D eigenvalue weighted by Crippen LogP contribution is -2.17. The second-order valence-electron chi connectivity index (χ2n) is 2.75. The zero-order chi connectivity index (χ0) is 11.1. The zero-order valence-electron chi connectivity index (χ0n) is 8.56. The number of nitrogens with zero attached hydrogens (tertiary/aromatic N) is 3. The number of carbonyl (C=O) groups excluding carboxylic acids is 1. The molecule has 6 heteroatoms. The van der Waals surface area contributed by atoms with Crippen molar-refractivity contribution >= 4 is 17.7 Å². The van der Waals surface area contributed by atoms with Crippen LogP contribution in [-0.2, 0) is 4.79 Å². The van der Waals surface area contributed by atoms with Crippen LogP contribution in [-0.4, -0.2) is 34.9 Å². The Kier molecular flexibility index (Phi) is 4.98. The molecular weight excluding hydrogens is 182 g/mol. The van der Waals surface area contributed by atoms with Crippen LogP contribution in [0.3, 0.4) is 0 Å². The predicted molar refractivity (Wildman–Crippen MR) is 55.2 cm³/mol. The number of nitrogen functional groups attached to an aromatic ring is 2. The zero-order valence-corrected chi connectivity index (χ0v) is 8.56. The highest BCUT2D eigenvalue weighted by Crippen LogP contribution is 1.94. The predicted octanol–water partition coefficient (Wildman–Crippen LogP) is -0.264. The van der Waals surface area contributed by atoms with Crippen molar-refractivity contribution in [3.63, 3.8) is 0 Å². The van der Waals surface area contributed by atoms with Crippen molar-refractivity contribution in [3.05, 3.63) is 12.3 Å². The minimum absolute atomic E-state index is 0.0926. The van der Waals surface area contributed by atoms with E-state index in [0.717, 1.165) is 0 Å². The largest absolute Gasteiger partial charge is 0.384 e. The maximum Gasteiger partial charge on any atom is 0.221 e. The SMILES string of the molecule is CC(=O)N(C)C.Nc1ccnc(N)n1. The summed E-state index contributed by atoms with van der Waals surface area (Å²) in [5.41, 5.74) is 10.4. The third kappa shape index (κ3) is 5.76. The van der Waals surface area contributed by atoms with Gasteiger partial charge in [-0.25, -0.2) is 4.98 Å². The molecule has 0 aromatic carbocycles. The average molecular weight is 197 g/mol. The van der Waals surface area contributed by atoms with Crippen LogP contribution < -0.4 is 11.5 Å². The summed E-state index contributed by atoms with van der Waals surface area (Å²) in [6.07, 6.45) is 1.51. The number of carbonyl (C=O) groups is 1. The summed E-state index contributed by atoms with van der Waals surface area (Å²) in [6, 6.07) is 1.58. The number of hydrogen-bond donors (Lipinski definition) is 2. The molecule has 1 aromatic rings. The molecule has 0 aliphatic carbocycles. The van der Waals surface area contributed by atoms with Crippen LogP contribution in [0.1, 0.15) is 6.92 Å². The van der Waals surface area contributed by atoms with E-state index in [2.05, 4.69) is 9.97 Å². The van der Waals surface area contributed by atoms with Crippen LogP contribution in [0.4, 0.5) is 11.8 Å². The Hall–Kier alpha value is -1.85. The van der Waals surface area contributed by atoms with Gasteiger partial charge in [-0.3, -0.25) is 4.79 Å². The molecule has 1 amide bonds. The average Bonchev–Trinajstić information content (AvgIpc) is 2.04. The lowest BCUT2D eigenvalue weighted by atomic mass is 10.6. The van der Waals surface area contributed by atoms with Crippen LogP contribution in [0.25, 0.3) is 0 Å². The van der Waals surface area contributed by atoms with Crippen molar-refractivity contribution in [2.24, 2.45) is 0 Å². The second kappa shape index (κ2) is 5.74. The normalized spacial score (nSPS) is 8.50. The molecule has 14 heavy (non-hydrogen) atoms. The summed E-state index contributed by atoms with van der Waals surface area (Å²) in [5.74, 6) is 0.706. The van der Waals surface area contributed by atoms with Gasteiger partial charge in [-0.2, -0.15) is 4.98 Å². The van der Waals surface area contributed by atoms with Crippen molar-refractivity contribution in [2.75, 3.05) is 25.6 Å². The van der Waals surface area contributed by atoms with Crippen molar-refractivity contribution in [2.45, 2.75) is 6.92 Å². The number of amides is 1. The van der Waals surface area contributed by atoms with Crippen LogP contribution >= 0.6 is 0 Å². The van der Waals surface area contributed by atoms with Crippen molar-refractivity contribution in [1.82, 2.24) is 14.9 Å². The molecule has 1 aromatic heterocycles. The van der Waals surface area contributed by atoms with Crippen LogP contribution in [0, 0.1) is 0 Å². The van der Waals surface area contributed by atoms with Gasteiger partial charge < -0.3 is 16.4 Å². The number of rotatable bonds is 0. The molecule has 1 rings (SSSR count). The molecule has 0 unspecified atom stereocenters. The number of anilines is 2. The maximum absolute atomic E-state index is 10.1. The topological polar surface area (TPSA) is 98.1 Å². The van der Waals surface area contributed by atoms with Gasteiger partial charge in [0.25, 0.3) is 0 Å². The summed E-state index contributed by atoms with van der Waals surface area (Å²) in [7, 11) is 3.45. The first-order valence-corrected chi connectivity index (χ1v) is 3.95. The minimum Gasteiger partial charge on any atom is -0.384 e. The first kappa shape index (κ1) is 12.2. The van der Waals surface area contributed by atoms with E-state index in [4.69, 9.17) is 11.5 Å². The van der Waals surface area contributed by atoms with E-state index < -0.39 is 0 Å². The highest BCUT2D eigenvalue weighted by molar-refractivity contribution is 5.72. The van der Waals surface area contributed by atoms with Crippen LogP contribution in [0.2, 0.25) is 0 Å². The molecule has 1 heterocycles. The Morgan fingerprint density at radius 3 is 2.14 bits per heavy atom. The van der Waals surface area contributed by atoms with Gasteiger partial charge in [-0.05, 0) is 6.07 Å². The van der Waals surface area contributed by atoms with Gasteiger partial charge in [-0.15, -0.1) is 0 Å². The molecule has 0 saturated heterocycles. The molecule has 0 bridgehead atoms. The van der Waals surface area contributed by atoms with Gasteiger partial charge in [-0.1, -0.05) is 0 Å². The molecule has 0 spiro atoms. The summed E-state index contributed by atoms with van der Waals surface area (Å²) in [6.45, 7) is 1.53. The molecule has 0 saturated carbocycles. The smallest absolute Gasteiger partial charge is 0.221 e. The van der Waals surface area contributed by atoms with Gasteiger partial charge in [0.15, 0.2) is 0 Å². The maximum atomic E-state index is 10.1. The minimum atomic E-state index is 0.0926. The molecular formula is C8H15N5O. The van der Waals surface area contributed by atoms with Gasteiger partial charge in [0, 0.05) is 27.2 Å². The van der Waals surface area contributed by atoms with Crippen molar-refractivity contribution in [3.8, 4) is 0 Å². The molecule has 78 valence electrons. The number of aromatic nitrogens is 2. The summed E-state index contributed by atoms with van der Waals surface area (Å²) < 4.78 is 0. The van der Waals surface area contributed by atoms with E-state index in [1.54, 1.807) is 20.2 Å². The summed E-state index contributed by atoms with van der Waals surface area (Å²) in [5, 5.41) is 0. The fourth-order valence-corrected chi connectivity index (χ4v) is 0.388. The second-order valence-corrected chi connectivity index (χ2v) is 2.75. The van der Waals surface area contributed by atoms with E-state index in [0.29, 0.717) is 5.82 Å². The van der Waals surface area contributed by atoms with Crippen molar-refractivity contribution < 1.29 is 4.79 Å². The lowest BCUT2D eigenvalue weighted by molar-refractivity contribution is -0.126. The molecule has 6 nitrogen and oxygen atoms in total. The molecule has 0 aliphatic heterocycles. The van der Waals surface area contributed by atoms with Gasteiger partial charge in [0.2, 0.25) is 11.9 Å². The first-order chi connectivity index (χ1) is 6.43. The Balaban J connectivity index is 0.000000255. The first-order valence-electron chi connectivity index (χ1n) is 3.95. The molecule has 0 radical (unpaired) electrons. The van der Waals surface area contributed by atoms with E-state index in [1.165, 1.54) is 18.0 Å². The van der Waals surface area contributed by atoms with Crippen LogP contribution in [0.5, 0.6) is 0 Å². The van der Waals surface area contributed by atoms with Gasteiger partial charge >= 0.3 is 0 Å². The number of nitrogens with two attached hydrogens (primary N) is 2. The Bertz CT molecular complexity index is 282. The Labute approximate surface area is 82.9 Å². The van der Waals surface area contributed by atoms with E-state index >= 15 is 0 Å². The monoisotopic (exact) mass is 197 g/mol. The van der Waals surface area contributed by atoms with Gasteiger partial charge in [0.1, 0.15) is 5.82 Å². The van der Waals surface area contributed by atoms with E-state index in [9.17, 15) is 4.79 Å². The Morgan fingerprint density at radius 1 is 1.43 bits per heavy atom. The molecule has 0 atom stereocenters. The highest BCUT2D eigenvalue weighted by atomic mass is 16.2. The highest BCUT2D eigenvalue weighted by Gasteiger charge is 1.87. The fourth-order valence-electron chi connectivity index (χ4n) is 0.388. The Morgan fingerprint density at radius 2 is 1.93 bits per heavy atom. The quantitative estimate of drug-likeness (QED) is 0.596. The van der Waals surface area contributed by atoms with Crippen molar-refractivity contribution in [1.29, 1.82) is 0 Å². The summed E-state index contributed by atoms with van der Waals surface area (Å²) >= 11 is 0. The fraction of sp³-hybridized carbons (Fsp3) is 0.375. The van der Waals surface area contributed by atoms with E-state index in [1.807, 2.05) is 0 Å². The molecule has 0 fully saturated rings.